The van der Waals surface area contributed by atoms with Crippen molar-refractivity contribution in [2.24, 2.45) is 5.73 Å². The molecule has 166 valence electrons. The van der Waals surface area contributed by atoms with Gasteiger partial charge < -0.3 is 5.73 Å². The molecule has 0 bridgehead atoms. The molecule has 0 aliphatic heterocycles. The van der Waals surface area contributed by atoms with Gasteiger partial charge in [0.15, 0.2) is 5.82 Å². The Balaban J connectivity index is 2.00. The van der Waals surface area contributed by atoms with Gasteiger partial charge in [0.25, 0.3) is 0 Å². The standard InChI is InChI=1S/C27H25ClN4O/c1-3-18-12-8-13-19(4-2)25(18)32(27(29)33)23-17-30-26(20-10-6-5-7-11-20)31-24(23)21-14-9-15-22(28)16-21/h5-17H,3-4H2,1-2H3,(H2,29,33). The third-order valence-corrected chi connectivity index (χ3v) is 5.78. The van der Waals surface area contributed by atoms with Gasteiger partial charge in [-0.1, -0.05) is 86.1 Å². The number of primary amides is 1. The number of para-hydroxylation sites is 1. The Morgan fingerprint density at radius 3 is 2.15 bits per heavy atom. The second kappa shape index (κ2) is 9.84. The average Bonchev–Trinajstić information content (AvgIpc) is 2.84. The van der Waals surface area contributed by atoms with Gasteiger partial charge >= 0.3 is 6.03 Å². The van der Waals surface area contributed by atoms with E-state index in [1.165, 1.54) is 4.90 Å². The smallest absolute Gasteiger partial charge is 0.324 e. The highest BCUT2D eigenvalue weighted by molar-refractivity contribution is 6.30. The molecular weight excluding hydrogens is 432 g/mol. The van der Waals surface area contributed by atoms with Crippen molar-refractivity contribution in [2.75, 3.05) is 4.90 Å². The first-order valence-electron chi connectivity index (χ1n) is 10.9. The van der Waals surface area contributed by atoms with Crippen molar-refractivity contribution >= 4 is 29.0 Å². The maximum Gasteiger partial charge on any atom is 0.324 e. The summed E-state index contributed by atoms with van der Waals surface area (Å²) in [7, 11) is 0. The lowest BCUT2D eigenvalue weighted by Gasteiger charge is -2.27. The van der Waals surface area contributed by atoms with Crippen molar-refractivity contribution in [3.05, 3.63) is 95.1 Å². The molecule has 0 aliphatic rings. The number of benzene rings is 3. The van der Waals surface area contributed by atoms with E-state index < -0.39 is 6.03 Å². The van der Waals surface area contributed by atoms with E-state index in [0.29, 0.717) is 22.2 Å². The molecule has 0 aliphatic carbocycles. The van der Waals surface area contributed by atoms with Crippen LogP contribution in [0.1, 0.15) is 25.0 Å². The van der Waals surface area contributed by atoms with Gasteiger partial charge in [-0.15, -0.1) is 0 Å². The average molecular weight is 457 g/mol. The number of hydrogen-bond donors (Lipinski definition) is 1. The van der Waals surface area contributed by atoms with E-state index in [1.54, 1.807) is 12.3 Å². The Labute approximate surface area is 198 Å². The van der Waals surface area contributed by atoms with E-state index in [-0.39, 0.29) is 0 Å². The Morgan fingerprint density at radius 2 is 1.55 bits per heavy atom. The summed E-state index contributed by atoms with van der Waals surface area (Å²) in [5.74, 6) is 0.554. The van der Waals surface area contributed by atoms with E-state index in [4.69, 9.17) is 22.3 Å². The molecule has 33 heavy (non-hydrogen) atoms. The quantitative estimate of drug-likeness (QED) is 0.346. The number of nitrogens with zero attached hydrogens (tertiary/aromatic N) is 3. The minimum atomic E-state index is -0.593. The van der Waals surface area contributed by atoms with Gasteiger partial charge in [0, 0.05) is 16.1 Å². The van der Waals surface area contributed by atoms with E-state index >= 15 is 0 Å². The van der Waals surface area contributed by atoms with Crippen molar-refractivity contribution in [3.63, 3.8) is 0 Å². The molecule has 6 heteroatoms. The van der Waals surface area contributed by atoms with Crippen LogP contribution in [0.4, 0.5) is 16.2 Å². The van der Waals surface area contributed by atoms with Gasteiger partial charge in [-0.05, 0) is 36.1 Å². The maximum atomic E-state index is 12.9. The normalized spacial score (nSPS) is 10.8. The lowest BCUT2D eigenvalue weighted by Crippen LogP contribution is -2.33. The zero-order valence-electron chi connectivity index (χ0n) is 18.6. The van der Waals surface area contributed by atoms with Crippen molar-refractivity contribution in [2.45, 2.75) is 26.7 Å². The summed E-state index contributed by atoms with van der Waals surface area (Å²) in [4.78, 5) is 23.9. The Bertz CT molecular complexity index is 1270. The molecule has 5 nitrogen and oxygen atoms in total. The fourth-order valence-electron chi connectivity index (χ4n) is 3.97. The molecule has 0 radical (unpaired) electrons. The first kappa shape index (κ1) is 22.5. The summed E-state index contributed by atoms with van der Waals surface area (Å²) < 4.78 is 0. The van der Waals surface area contributed by atoms with Gasteiger partial charge in [-0.25, -0.2) is 14.8 Å². The van der Waals surface area contributed by atoms with Crippen molar-refractivity contribution in [3.8, 4) is 22.6 Å². The van der Waals surface area contributed by atoms with Crippen LogP contribution < -0.4 is 10.6 Å². The van der Waals surface area contributed by atoms with E-state index in [2.05, 4.69) is 18.8 Å². The summed E-state index contributed by atoms with van der Waals surface area (Å²) in [6, 6.07) is 22.6. The van der Waals surface area contributed by atoms with Crippen LogP contribution in [0.25, 0.3) is 22.6 Å². The predicted molar refractivity (Wildman–Crippen MR) is 135 cm³/mol. The monoisotopic (exact) mass is 456 g/mol. The summed E-state index contributed by atoms with van der Waals surface area (Å²) in [5, 5.41) is 0.576. The van der Waals surface area contributed by atoms with E-state index in [0.717, 1.165) is 40.8 Å². The molecule has 0 atom stereocenters. The largest absolute Gasteiger partial charge is 0.351 e. The summed E-state index contributed by atoms with van der Waals surface area (Å²) >= 11 is 6.31. The minimum absolute atomic E-state index is 0.514. The molecule has 0 fully saturated rings. The summed E-state index contributed by atoms with van der Waals surface area (Å²) in [5.41, 5.74) is 11.6. The van der Waals surface area contributed by atoms with Crippen LogP contribution in [0.5, 0.6) is 0 Å². The van der Waals surface area contributed by atoms with Crippen LogP contribution >= 0.6 is 11.6 Å². The number of anilines is 2. The van der Waals surface area contributed by atoms with Crippen LogP contribution in [0.3, 0.4) is 0 Å². The van der Waals surface area contributed by atoms with Crippen LogP contribution in [0.2, 0.25) is 5.02 Å². The fourth-order valence-corrected chi connectivity index (χ4v) is 4.16. The number of aromatic nitrogens is 2. The number of aryl methyl sites for hydroxylation is 2. The Morgan fingerprint density at radius 1 is 0.909 bits per heavy atom. The molecule has 4 rings (SSSR count). The zero-order valence-corrected chi connectivity index (χ0v) is 19.4. The number of rotatable bonds is 6. The first-order chi connectivity index (χ1) is 16.0. The SMILES string of the molecule is CCc1cccc(CC)c1N(C(N)=O)c1cnc(-c2ccccc2)nc1-c1cccc(Cl)c1. The van der Waals surface area contributed by atoms with Crippen LogP contribution in [-0.4, -0.2) is 16.0 Å². The third-order valence-electron chi connectivity index (χ3n) is 5.55. The van der Waals surface area contributed by atoms with Gasteiger partial charge in [-0.3, -0.25) is 4.90 Å². The summed E-state index contributed by atoms with van der Waals surface area (Å²) in [6.45, 7) is 4.12. The van der Waals surface area contributed by atoms with Crippen LogP contribution in [-0.2, 0) is 12.8 Å². The number of hydrogen-bond acceptors (Lipinski definition) is 3. The van der Waals surface area contributed by atoms with Crippen molar-refractivity contribution in [1.29, 1.82) is 0 Å². The van der Waals surface area contributed by atoms with Gasteiger partial charge in [0.1, 0.15) is 0 Å². The van der Waals surface area contributed by atoms with E-state index in [1.807, 2.05) is 66.7 Å². The van der Waals surface area contributed by atoms with Crippen LogP contribution in [0.15, 0.2) is 79.0 Å². The molecular formula is C27H25ClN4O. The molecule has 0 spiro atoms. The lowest BCUT2D eigenvalue weighted by atomic mass is 10.0. The number of halogens is 1. The highest BCUT2D eigenvalue weighted by Gasteiger charge is 2.25. The van der Waals surface area contributed by atoms with Crippen molar-refractivity contribution < 1.29 is 4.79 Å². The molecule has 0 saturated carbocycles. The molecule has 2 N–H and O–H groups in total. The second-order valence-corrected chi connectivity index (χ2v) is 8.05. The maximum absolute atomic E-state index is 12.9. The summed E-state index contributed by atoms with van der Waals surface area (Å²) in [6.07, 6.45) is 3.17. The fraction of sp³-hybridized carbons (Fsp3) is 0.148. The molecule has 2 amide bonds. The number of carbonyl (C=O) groups excluding carboxylic acids is 1. The zero-order chi connectivity index (χ0) is 23.4. The number of amides is 2. The predicted octanol–water partition coefficient (Wildman–Crippen LogP) is 6.81. The molecule has 4 aromatic rings. The third kappa shape index (κ3) is 4.59. The first-order valence-corrected chi connectivity index (χ1v) is 11.3. The van der Waals surface area contributed by atoms with Crippen molar-refractivity contribution in [1.82, 2.24) is 9.97 Å². The molecule has 0 unspecified atom stereocenters. The second-order valence-electron chi connectivity index (χ2n) is 7.61. The van der Waals surface area contributed by atoms with Gasteiger partial charge in [0.05, 0.1) is 23.3 Å². The molecule has 1 heterocycles. The molecule has 0 saturated heterocycles. The van der Waals surface area contributed by atoms with E-state index in [9.17, 15) is 4.79 Å². The number of urea groups is 1. The lowest BCUT2D eigenvalue weighted by molar-refractivity contribution is 0.256. The highest BCUT2D eigenvalue weighted by Crippen LogP contribution is 2.39. The molecule has 3 aromatic carbocycles. The number of nitrogens with two attached hydrogens (primary N) is 1. The Hall–Kier alpha value is -3.70. The minimum Gasteiger partial charge on any atom is -0.351 e. The van der Waals surface area contributed by atoms with Gasteiger partial charge in [0.2, 0.25) is 0 Å². The topological polar surface area (TPSA) is 72.1 Å². The molecule has 1 aromatic heterocycles. The Kier molecular flexibility index (Phi) is 6.71. The van der Waals surface area contributed by atoms with Crippen LogP contribution in [0, 0.1) is 0 Å². The number of carbonyl (C=O) groups is 1. The highest BCUT2D eigenvalue weighted by atomic mass is 35.5. The van der Waals surface area contributed by atoms with Gasteiger partial charge in [-0.2, -0.15) is 0 Å².